The van der Waals surface area contributed by atoms with Gasteiger partial charge in [0.1, 0.15) is 5.65 Å². The van der Waals surface area contributed by atoms with E-state index >= 15 is 0 Å². The quantitative estimate of drug-likeness (QED) is 0.424. The van der Waals surface area contributed by atoms with Gasteiger partial charge in [-0.2, -0.15) is 0 Å². The Morgan fingerprint density at radius 1 is 0.938 bits per heavy atom. The number of hydrogen-bond donors (Lipinski definition) is 0. The van der Waals surface area contributed by atoms with Crippen LogP contribution in [0.5, 0.6) is 0 Å². The Morgan fingerprint density at radius 3 is 2.53 bits per heavy atom. The molecule has 32 heavy (non-hydrogen) atoms. The first-order chi connectivity index (χ1) is 15.6. The molecular weight excluding hydrogens is 418 g/mol. The highest BCUT2D eigenvalue weighted by atomic mass is 35.5. The predicted octanol–water partition coefficient (Wildman–Crippen LogP) is 5.22. The number of aryl methyl sites for hydroxylation is 1. The number of hydrogen-bond acceptors (Lipinski definition) is 3. The van der Waals surface area contributed by atoms with Crippen molar-refractivity contribution < 1.29 is 0 Å². The van der Waals surface area contributed by atoms with E-state index in [4.69, 9.17) is 11.6 Å². The van der Waals surface area contributed by atoms with Crippen molar-refractivity contribution in [3.05, 3.63) is 110 Å². The van der Waals surface area contributed by atoms with Gasteiger partial charge in [-0.15, -0.1) is 0 Å². The van der Waals surface area contributed by atoms with Crippen molar-refractivity contribution in [2.45, 2.75) is 39.4 Å². The van der Waals surface area contributed by atoms with E-state index in [0.717, 1.165) is 58.7 Å². The van der Waals surface area contributed by atoms with Crippen LogP contribution in [0.2, 0.25) is 5.02 Å². The summed E-state index contributed by atoms with van der Waals surface area (Å²) in [5.74, 6) is 0. The predicted molar refractivity (Wildman–Crippen MR) is 130 cm³/mol. The van der Waals surface area contributed by atoms with Gasteiger partial charge >= 0.3 is 0 Å². The van der Waals surface area contributed by atoms with E-state index in [9.17, 15) is 4.79 Å². The fourth-order valence-electron chi connectivity index (χ4n) is 4.66. The van der Waals surface area contributed by atoms with E-state index in [2.05, 4.69) is 53.2 Å². The molecule has 0 spiro atoms. The first-order valence-corrected chi connectivity index (χ1v) is 11.5. The minimum atomic E-state index is 0.0709. The van der Waals surface area contributed by atoms with Crippen LogP contribution in [0.1, 0.15) is 34.7 Å². The van der Waals surface area contributed by atoms with Gasteiger partial charge in [0.05, 0.1) is 6.54 Å². The lowest BCUT2D eigenvalue weighted by Gasteiger charge is -2.30. The van der Waals surface area contributed by atoms with Crippen LogP contribution in [-0.2, 0) is 32.5 Å². The number of fused-ring (bicyclic) bond motifs is 3. The van der Waals surface area contributed by atoms with Crippen molar-refractivity contribution in [3.63, 3.8) is 0 Å². The number of pyridine rings is 2. The lowest BCUT2D eigenvalue weighted by Crippen LogP contribution is -2.37. The molecule has 4 aromatic rings. The van der Waals surface area contributed by atoms with Gasteiger partial charge in [0.2, 0.25) is 0 Å². The van der Waals surface area contributed by atoms with Crippen LogP contribution in [0.3, 0.4) is 0 Å². The standard InChI is InChI=1S/C27H26ClN3O/c1-2-19-8-10-20(11-9-19)17-31-26-24(7-4-13-29-26)23-12-14-30(18-25(23)27(31)32)16-21-5-3-6-22(28)15-21/h3-11,13,15H,2,12,14,16-18H2,1H3. The molecule has 0 unspecified atom stereocenters. The van der Waals surface area contributed by atoms with E-state index < -0.39 is 0 Å². The van der Waals surface area contributed by atoms with E-state index in [1.165, 1.54) is 11.1 Å². The van der Waals surface area contributed by atoms with Gasteiger partial charge in [-0.1, -0.05) is 54.9 Å². The molecule has 3 heterocycles. The van der Waals surface area contributed by atoms with E-state index in [1.54, 1.807) is 6.20 Å². The summed E-state index contributed by atoms with van der Waals surface area (Å²) in [4.78, 5) is 20.6. The van der Waals surface area contributed by atoms with Gasteiger partial charge in [-0.25, -0.2) is 4.98 Å². The molecule has 1 aliphatic heterocycles. The average molecular weight is 444 g/mol. The second kappa shape index (κ2) is 8.89. The van der Waals surface area contributed by atoms with Crippen molar-refractivity contribution >= 4 is 22.6 Å². The van der Waals surface area contributed by atoms with Crippen LogP contribution in [0.4, 0.5) is 0 Å². The molecule has 0 bridgehead atoms. The Balaban J connectivity index is 1.53. The Labute approximate surface area is 193 Å². The number of nitrogens with zero attached hydrogens (tertiary/aromatic N) is 3. The first-order valence-electron chi connectivity index (χ1n) is 11.2. The molecule has 0 atom stereocenters. The highest BCUT2D eigenvalue weighted by Crippen LogP contribution is 2.26. The van der Waals surface area contributed by atoms with Gasteiger partial charge in [-0.05, 0) is 59.4 Å². The Morgan fingerprint density at radius 2 is 1.75 bits per heavy atom. The monoisotopic (exact) mass is 443 g/mol. The fourth-order valence-corrected chi connectivity index (χ4v) is 4.87. The summed E-state index contributed by atoms with van der Waals surface area (Å²) in [7, 11) is 0. The molecular formula is C27H26ClN3O. The molecule has 0 aliphatic carbocycles. The topological polar surface area (TPSA) is 38.1 Å². The lowest BCUT2D eigenvalue weighted by atomic mass is 9.97. The minimum absolute atomic E-state index is 0.0709. The minimum Gasteiger partial charge on any atom is -0.294 e. The summed E-state index contributed by atoms with van der Waals surface area (Å²) in [5, 5.41) is 1.84. The third-order valence-corrected chi connectivity index (χ3v) is 6.60. The van der Waals surface area contributed by atoms with Gasteiger partial charge in [0.25, 0.3) is 5.56 Å². The van der Waals surface area contributed by atoms with Crippen LogP contribution < -0.4 is 5.56 Å². The average Bonchev–Trinajstić information content (AvgIpc) is 2.82. The largest absolute Gasteiger partial charge is 0.294 e. The Bertz CT molecular complexity index is 1330. The van der Waals surface area contributed by atoms with E-state index in [1.807, 2.05) is 28.8 Å². The summed E-state index contributed by atoms with van der Waals surface area (Å²) >= 11 is 6.17. The molecule has 0 saturated carbocycles. The maximum atomic E-state index is 13.7. The van der Waals surface area contributed by atoms with Gasteiger partial charge < -0.3 is 0 Å². The molecule has 2 aromatic heterocycles. The van der Waals surface area contributed by atoms with Crippen molar-refractivity contribution in [1.29, 1.82) is 0 Å². The molecule has 2 aromatic carbocycles. The van der Waals surface area contributed by atoms with Crippen molar-refractivity contribution in [2.24, 2.45) is 0 Å². The first kappa shape index (κ1) is 20.9. The zero-order valence-corrected chi connectivity index (χ0v) is 19.0. The van der Waals surface area contributed by atoms with Crippen molar-refractivity contribution in [3.8, 4) is 0 Å². The third kappa shape index (κ3) is 4.08. The molecule has 5 heteroatoms. The van der Waals surface area contributed by atoms with E-state index in [-0.39, 0.29) is 5.56 Å². The molecule has 162 valence electrons. The van der Waals surface area contributed by atoms with Crippen LogP contribution in [0.15, 0.2) is 71.7 Å². The number of rotatable bonds is 5. The summed E-state index contributed by atoms with van der Waals surface area (Å²) in [5.41, 5.74) is 6.47. The molecule has 5 rings (SSSR count). The Kier molecular flexibility index (Phi) is 5.81. The summed E-state index contributed by atoms with van der Waals surface area (Å²) in [6.07, 6.45) is 3.63. The highest BCUT2D eigenvalue weighted by molar-refractivity contribution is 6.30. The molecule has 0 N–H and O–H groups in total. The molecule has 4 nitrogen and oxygen atoms in total. The van der Waals surface area contributed by atoms with Crippen molar-refractivity contribution in [1.82, 2.24) is 14.5 Å². The van der Waals surface area contributed by atoms with Gasteiger partial charge in [0, 0.05) is 41.8 Å². The zero-order chi connectivity index (χ0) is 22.1. The van der Waals surface area contributed by atoms with Crippen LogP contribution in [0.25, 0.3) is 11.0 Å². The molecule has 0 saturated heterocycles. The maximum absolute atomic E-state index is 13.7. The maximum Gasteiger partial charge on any atom is 0.257 e. The summed E-state index contributed by atoms with van der Waals surface area (Å²) in [6.45, 7) is 5.00. The molecule has 0 amide bonds. The normalized spacial score (nSPS) is 13.9. The van der Waals surface area contributed by atoms with Gasteiger partial charge in [-0.3, -0.25) is 14.3 Å². The zero-order valence-electron chi connectivity index (χ0n) is 18.2. The molecule has 0 radical (unpaired) electrons. The number of aromatic nitrogens is 2. The number of halogens is 1. The lowest BCUT2D eigenvalue weighted by molar-refractivity contribution is 0.244. The van der Waals surface area contributed by atoms with E-state index in [0.29, 0.717) is 13.1 Å². The SMILES string of the molecule is CCc1ccc(Cn2c(=O)c3c(c4cccnc42)CCN(Cc2cccc(Cl)c2)C3)cc1. The second-order valence-corrected chi connectivity index (χ2v) is 8.92. The summed E-state index contributed by atoms with van der Waals surface area (Å²) < 4.78 is 1.85. The highest BCUT2D eigenvalue weighted by Gasteiger charge is 2.24. The molecule has 1 aliphatic rings. The van der Waals surface area contributed by atoms with Gasteiger partial charge in [0.15, 0.2) is 0 Å². The smallest absolute Gasteiger partial charge is 0.257 e. The van der Waals surface area contributed by atoms with Crippen LogP contribution in [0, 0.1) is 0 Å². The Hall–Kier alpha value is -2.95. The molecule has 0 fully saturated rings. The second-order valence-electron chi connectivity index (χ2n) is 8.48. The third-order valence-electron chi connectivity index (χ3n) is 6.36. The van der Waals surface area contributed by atoms with Crippen LogP contribution >= 0.6 is 11.6 Å². The summed E-state index contributed by atoms with van der Waals surface area (Å²) in [6, 6.07) is 20.5. The number of benzene rings is 2. The van der Waals surface area contributed by atoms with Crippen LogP contribution in [-0.4, -0.2) is 21.0 Å². The van der Waals surface area contributed by atoms with Crippen molar-refractivity contribution in [2.75, 3.05) is 6.54 Å². The fraction of sp³-hybridized carbons (Fsp3) is 0.259.